The summed E-state index contributed by atoms with van der Waals surface area (Å²) in [6, 6.07) is 12.9. The second-order valence-corrected chi connectivity index (χ2v) is 8.51. The van der Waals surface area contributed by atoms with Crippen LogP contribution in [-0.2, 0) is 6.61 Å². The number of aryl methyl sites for hydroxylation is 1. The van der Waals surface area contributed by atoms with Crippen LogP contribution < -0.4 is 5.32 Å². The van der Waals surface area contributed by atoms with Gasteiger partial charge in [0.1, 0.15) is 18.1 Å². The fraction of sp³-hybridized carbons (Fsp3) is 0.105. The number of furan rings is 1. The SMILES string of the molecule is Cc1cc(NC(=O)c2cc(Br)cc(Br)c2I)ccc1-c1ccc(CO)o1. The monoisotopic (exact) mass is 589 g/mol. The number of anilines is 1. The van der Waals surface area contributed by atoms with Crippen LogP contribution in [0.4, 0.5) is 5.69 Å². The Morgan fingerprint density at radius 3 is 2.62 bits per heavy atom. The zero-order chi connectivity index (χ0) is 18.8. The Hall–Kier alpha value is -1.16. The molecule has 0 atom stereocenters. The molecule has 1 amide bonds. The Balaban J connectivity index is 1.85. The van der Waals surface area contributed by atoms with E-state index in [1.54, 1.807) is 12.1 Å². The van der Waals surface area contributed by atoms with Gasteiger partial charge in [0.25, 0.3) is 5.91 Å². The number of benzene rings is 2. The van der Waals surface area contributed by atoms with Crippen LogP contribution in [0.5, 0.6) is 0 Å². The molecule has 0 aliphatic heterocycles. The minimum atomic E-state index is -0.177. The van der Waals surface area contributed by atoms with Gasteiger partial charge in [-0.2, -0.15) is 0 Å². The molecular formula is C19H14Br2INO3. The van der Waals surface area contributed by atoms with Gasteiger partial charge in [-0.05, 0) is 93.5 Å². The highest BCUT2D eigenvalue weighted by Gasteiger charge is 2.15. The van der Waals surface area contributed by atoms with Gasteiger partial charge in [-0.3, -0.25) is 4.79 Å². The number of carbonyl (C=O) groups is 1. The average molecular weight is 591 g/mol. The van der Waals surface area contributed by atoms with E-state index in [2.05, 4.69) is 59.8 Å². The quantitative estimate of drug-likeness (QED) is 0.284. The lowest BCUT2D eigenvalue weighted by Gasteiger charge is -2.11. The highest BCUT2D eigenvalue weighted by Crippen LogP contribution is 2.30. The van der Waals surface area contributed by atoms with Crippen LogP contribution in [0.3, 0.4) is 0 Å². The smallest absolute Gasteiger partial charge is 0.256 e. The number of amides is 1. The summed E-state index contributed by atoms with van der Waals surface area (Å²) in [6.07, 6.45) is 0. The van der Waals surface area contributed by atoms with Crippen molar-refractivity contribution in [2.24, 2.45) is 0 Å². The molecule has 0 aliphatic carbocycles. The molecule has 0 saturated heterocycles. The molecule has 3 aromatic rings. The molecule has 26 heavy (non-hydrogen) atoms. The second-order valence-electron chi connectivity index (χ2n) is 5.66. The van der Waals surface area contributed by atoms with Gasteiger partial charge in [-0.1, -0.05) is 15.9 Å². The zero-order valence-electron chi connectivity index (χ0n) is 13.6. The first kappa shape index (κ1) is 19.6. The molecule has 0 saturated carbocycles. The Morgan fingerprint density at radius 2 is 1.96 bits per heavy atom. The van der Waals surface area contributed by atoms with Crippen LogP contribution in [0.15, 0.2) is 55.8 Å². The van der Waals surface area contributed by atoms with Crippen LogP contribution in [0.2, 0.25) is 0 Å². The number of hydrogen-bond donors (Lipinski definition) is 2. The molecule has 1 heterocycles. The predicted molar refractivity (Wildman–Crippen MR) is 117 cm³/mol. The summed E-state index contributed by atoms with van der Waals surface area (Å²) in [4.78, 5) is 12.6. The van der Waals surface area contributed by atoms with Gasteiger partial charge in [-0.15, -0.1) is 0 Å². The van der Waals surface area contributed by atoms with Crippen LogP contribution in [0.25, 0.3) is 11.3 Å². The molecule has 0 bridgehead atoms. The maximum Gasteiger partial charge on any atom is 0.256 e. The van der Waals surface area contributed by atoms with Crippen molar-refractivity contribution in [1.29, 1.82) is 0 Å². The molecule has 2 aromatic carbocycles. The molecule has 0 aliphatic rings. The number of aliphatic hydroxyl groups is 1. The maximum atomic E-state index is 12.6. The van der Waals surface area contributed by atoms with Crippen LogP contribution in [-0.4, -0.2) is 11.0 Å². The van der Waals surface area contributed by atoms with Gasteiger partial charge >= 0.3 is 0 Å². The minimum Gasteiger partial charge on any atom is -0.459 e. The number of rotatable bonds is 4. The molecule has 0 spiro atoms. The molecule has 0 unspecified atom stereocenters. The van der Waals surface area contributed by atoms with Crippen LogP contribution >= 0.6 is 54.5 Å². The van der Waals surface area contributed by atoms with Crippen molar-refractivity contribution < 1.29 is 14.3 Å². The van der Waals surface area contributed by atoms with E-state index in [1.165, 1.54) is 0 Å². The van der Waals surface area contributed by atoms with Gasteiger partial charge in [0.05, 0.1) is 5.56 Å². The lowest BCUT2D eigenvalue weighted by Crippen LogP contribution is -2.14. The average Bonchev–Trinajstić information content (AvgIpc) is 3.07. The summed E-state index contributed by atoms with van der Waals surface area (Å²) in [7, 11) is 0. The number of halogens is 3. The Kier molecular flexibility index (Phi) is 6.21. The molecule has 4 nitrogen and oxygen atoms in total. The summed E-state index contributed by atoms with van der Waals surface area (Å²) in [5.41, 5.74) is 3.18. The first-order valence-electron chi connectivity index (χ1n) is 7.65. The van der Waals surface area contributed by atoms with Crippen molar-refractivity contribution in [2.75, 3.05) is 5.32 Å². The highest BCUT2D eigenvalue weighted by molar-refractivity contribution is 14.1. The Labute approximate surface area is 181 Å². The van der Waals surface area contributed by atoms with Crippen molar-refractivity contribution in [3.8, 4) is 11.3 Å². The predicted octanol–water partition coefficient (Wildman–Crippen LogP) is 6.13. The molecule has 134 valence electrons. The number of aliphatic hydroxyl groups excluding tert-OH is 1. The van der Waals surface area contributed by atoms with E-state index in [9.17, 15) is 4.79 Å². The van der Waals surface area contributed by atoms with E-state index < -0.39 is 0 Å². The zero-order valence-corrected chi connectivity index (χ0v) is 19.0. The first-order chi connectivity index (χ1) is 12.4. The van der Waals surface area contributed by atoms with Crippen molar-refractivity contribution in [1.82, 2.24) is 0 Å². The minimum absolute atomic E-state index is 0.131. The molecular weight excluding hydrogens is 577 g/mol. The summed E-state index contributed by atoms with van der Waals surface area (Å²) in [6.45, 7) is 1.82. The topological polar surface area (TPSA) is 62.5 Å². The summed E-state index contributed by atoms with van der Waals surface area (Å²) >= 11 is 9.02. The van der Waals surface area contributed by atoms with Crippen molar-refractivity contribution >= 4 is 66.0 Å². The van der Waals surface area contributed by atoms with Crippen molar-refractivity contribution in [3.05, 3.63) is 71.9 Å². The molecule has 2 N–H and O–H groups in total. The Bertz CT molecular complexity index is 985. The third-order valence-electron chi connectivity index (χ3n) is 3.80. The lowest BCUT2D eigenvalue weighted by atomic mass is 10.1. The summed E-state index contributed by atoms with van der Waals surface area (Å²) < 4.78 is 8.13. The van der Waals surface area contributed by atoms with E-state index in [0.29, 0.717) is 22.8 Å². The van der Waals surface area contributed by atoms with Crippen molar-refractivity contribution in [2.45, 2.75) is 13.5 Å². The third-order valence-corrected chi connectivity index (χ3v) is 6.79. The fourth-order valence-corrected chi connectivity index (χ4v) is 4.33. The summed E-state index contributed by atoms with van der Waals surface area (Å²) in [5, 5.41) is 12.1. The molecule has 7 heteroatoms. The number of hydrogen-bond acceptors (Lipinski definition) is 3. The third kappa shape index (κ3) is 4.21. The van der Waals surface area contributed by atoms with E-state index in [4.69, 9.17) is 9.52 Å². The van der Waals surface area contributed by atoms with E-state index in [0.717, 1.165) is 23.6 Å². The van der Waals surface area contributed by atoms with Gasteiger partial charge in [-0.25, -0.2) is 0 Å². The van der Waals surface area contributed by atoms with Crippen molar-refractivity contribution in [3.63, 3.8) is 0 Å². The summed E-state index contributed by atoms with van der Waals surface area (Å²) in [5.74, 6) is 1.03. The molecule has 0 fully saturated rings. The number of carbonyl (C=O) groups excluding carboxylic acids is 1. The molecule has 1 aromatic heterocycles. The normalized spacial score (nSPS) is 10.8. The standard InChI is InChI=1S/C19H14Br2INO3/c1-10-6-12(2-4-14(10)17-5-3-13(9-24)26-17)23-19(25)15-7-11(20)8-16(21)18(15)22/h2-8,24H,9H2,1H3,(H,23,25). The Morgan fingerprint density at radius 1 is 1.19 bits per heavy atom. The van der Waals surface area contributed by atoms with Gasteiger partial charge in [0.15, 0.2) is 0 Å². The van der Waals surface area contributed by atoms with Gasteiger partial charge < -0.3 is 14.8 Å². The highest BCUT2D eigenvalue weighted by atomic mass is 127. The lowest BCUT2D eigenvalue weighted by molar-refractivity contribution is 0.102. The molecule has 3 rings (SSSR count). The van der Waals surface area contributed by atoms with E-state index >= 15 is 0 Å². The number of nitrogens with one attached hydrogen (secondary N) is 1. The molecule has 0 radical (unpaired) electrons. The first-order valence-corrected chi connectivity index (χ1v) is 10.3. The largest absolute Gasteiger partial charge is 0.459 e. The van der Waals surface area contributed by atoms with Crippen LogP contribution in [0, 0.1) is 10.5 Å². The fourth-order valence-electron chi connectivity index (χ4n) is 2.55. The van der Waals surface area contributed by atoms with Crippen LogP contribution in [0.1, 0.15) is 21.7 Å². The van der Waals surface area contributed by atoms with E-state index in [1.807, 2.05) is 37.3 Å². The van der Waals surface area contributed by atoms with Gasteiger partial charge in [0.2, 0.25) is 0 Å². The van der Waals surface area contributed by atoms with E-state index in [-0.39, 0.29) is 12.5 Å². The maximum absolute atomic E-state index is 12.6. The second kappa shape index (κ2) is 8.24. The van der Waals surface area contributed by atoms with Gasteiger partial charge in [0, 0.05) is 23.8 Å².